The maximum Gasteiger partial charge on any atom is 0.332 e. The summed E-state index contributed by atoms with van der Waals surface area (Å²) < 4.78 is 0. The van der Waals surface area contributed by atoms with E-state index in [0.29, 0.717) is 19.4 Å². The molecule has 5 atom stereocenters. The van der Waals surface area contributed by atoms with Crippen molar-refractivity contribution in [1.29, 1.82) is 0 Å². The van der Waals surface area contributed by atoms with E-state index in [4.69, 9.17) is 0 Å². The lowest BCUT2D eigenvalue weighted by Crippen LogP contribution is -2.49. The molecular formula is C26H32N4O6. The number of likely N-dealkylation sites (tertiary alicyclic amines) is 1. The third kappa shape index (κ3) is 6.46. The van der Waals surface area contributed by atoms with Gasteiger partial charge in [0.25, 0.3) is 0 Å². The Balaban J connectivity index is 1.38. The predicted molar refractivity (Wildman–Crippen MR) is 131 cm³/mol. The number of carboxylic acid groups (broad SMARTS) is 1. The van der Waals surface area contributed by atoms with Crippen molar-refractivity contribution in [3.05, 3.63) is 60.2 Å². The molecule has 2 saturated heterocycles. The number of carboxylic acids is 1. The number of aliphatic hydroxyl groups is 2. The van der Waals surface area contributed by atoms with Crippen LogP contribution in [0, 0.1) is 0 Å². The summed E-state index contributed by atoms with van der Waals surface area (Å²) in [7, 11) is 0. The third-order valence-corrected chi connectivity index (χ3v) is 6.68. The predicted octanol–water partition coefficient (Wildman–Crippen LogP) is 0.0448. The highest BCUT2D eigenvalue weighted by Crippen LogP contribution is 2.21. The van der Waals surface area contributed by atoms with Crippen LogP contribution in [0.4, 0.5) is 0 Å². The van der Waals surface area contributed by atoms with Gasteiger partial charge in [-0.2, -0.15) is 0 Å². The first kappa shape index (κ1) is 25.8. The van der Waals surface area contributed by atoms with Crippen molar-refractivity contribution in [3.8, 4) is 11.1 Å². The van der Waals surface area contributed by atoms with E-state index in [9.17, 15) is 29.7 Å². The molecule has 4 unspecified atom stereocenters. The van der Waals surface area contributed by atoms with Gasteiger partial charge in [-0.25, -0.2) is 15.6 Å². The quantitative estimate of drug-likeness (QED) is 0.285. The van der Waals surface area contributed by atoms with Crippen molar-refractivity contribution in [3.63, 3.8) is 0 Å². The molecule has 2 aliphatic rings. The lowest BCUT2D eigenvalue weighted by Gasteiger charge is -2.22. The molecule has 192 valence electrons. The first-order chi connectivity index (χ1) is 17.3. The van der Waals surface area contributed by atoms with E-state index >= 15 is 0 Å². The lowest BCUT2D eigenvalue weighted by molar-refractivity contribution is -0.147. The molecule has 2 heterocycles. The van der Waals surface area contributed by atoms with Gasteiger partial charge in [-0.15, -0.1) is 0 Å². The standard InChI is InChI=1S/C26H32N4O6/c31-20-10-11-30(15-20)25(34)22-14-21(28-29-22)24(33)27-19(13-23(32)26(35)36)12-16-6-8-18(9-7-16)17-4-2-1-3-5-17/h1-9,19-23,28-29,31-32H,10-15H2,(H,27,33)(H,35,36)/t19?,20?,21?,22?,23-/m1/s1. The highest BCUT2D eigenvalue weighted by molar-refractivity contribution is 5.87. The zero-order valence-corrected chi connectivity index (χ0v) is 19.8. The number of aliphatic hydroxyl groups excluding tert-OH is 2. The average molecular weight is 497 g/mol. The topological polar surface area (TPSA) is 151 Å². The maximum absolute atomic E-state index is 13.0. The van der Waals surface area contributed by atoms with E-state index in [1.54, 1.807) is 4.90 Å². The highest BCUT2D eigenvalue weighted by atomic mass is 16.4. The van der Waals surface area contributed by atoms with Crippen LogP contribution in [0.3, 0.4) is 0 Å². The molecule has 2 amide bonds. The fourth-order valence-electron chi connectivity index (χ4n) is 4.67. The van der Waals surface area contributed by atoms with Crippen LogP contribution in [0.1, 0.15) is 24.8 Å². The number of aliphatic carboxylic acids is 1. The second-order valence-corrected chi connectivity index (χ2v) is 9.42. The SMILES string of the molecule is O=C(NC(Cc1ccc(-c2ccccc2)cc1)C[C@@H](O)C(=O)O)C1CC(C(=O)N2CCC(O)C2)NN1. The lowest BCUT2D eigenvalue weighted by atomic mass is 9.97. The van der Waals surface area contributed by atoms with Crippen LogP contribution in [0.25, 0.3) is 11.1 Å². The van der Waals surface area contributed by atoms with E-state index < -0.39 is 36.3 Å². The fraction of sp³-hybridized carbons (Fsp3) is 0.423. The molecule has 36 heavy (non-hydrogen) atoms. The van der Waals surface area contributed by atoms with Crippen LogP contribution >= 0.6 is 0 Å². The van der Waals surface area contributed by atoms with Gasteiger partial charge in [0.1, 0.15) is 12.1 Å². The van der Waals surface area contributed by atoms with Crippen molar-refractivity contribution in [2.24, 2.45) is 0 Å². The van der Waals surface area contributed by atoms with E-state index in [1.165, 1.54) is 0 Å². The maximum atomic E-state index is 13.0. The van der Waals surface area contributed by atoms with Gasteiger partial charge in [0.2, 0.25) is 11.8 Å². The fourth-order valence-corrected chi connectivity index (χ4v) is 4.67. The molecule has 10 heteroatoms. The summed E-state index contributed by atoms with van der Waals surface area (Å²) >= 11 is 0. The van der Waals surface area contributed by atoms with E-state index in [-0.39, 0.29) is 31.2 Å². The Kier molecular flexibility index (Phi) is 8.32. The minimum absolute atomic E-state index is 0.157. The second kappa shape index (κ2) is 11.6. The molecule has 6 N–H and O–H groups in total. The minimum atomic E-state index is -1.62. The van der Waals surface area contributed by atoms with Crippen molar-refractivity contribution < 1.29 is 29.7 Å². The Hall–Kier alpha value is -3.31. The zero-order chi connectivity index (χ0) is 25.7. The first-order valence-corrected chi connectivity index (χ1v) is 12.1. The van der Waals surface area contributed by atoms with Crippen LogP contribution in [-0.4, -0.2) is 81.4 Å². The Morgan fingerprint density at radius 3 is 2.31 bits per heavy atom. The molecule has 0 bridgehead atoms. The van der Waals surface area contributed by atoms with Crippen LogP contribution < -0.4 is 16.2 Å². The average Bonchev–Trinajstić information content (AvgIpc) is 3.54. The molecule has 10 nitrogen and oxygen atoms in total. The smallest absolute Gasteiger partial charge is 0.332 e. The normalized spacial score (nSPS) is 23.3. The molecule has 2 aliphatic heterocycles. The summed E-state index contributed by atoms with van der Waals surface area (Å²) in [4.78, 5) is 38.5. The van der Waals surface area contributed by atoms with Gasteiger partial charge in [0.15, 0.2) is 6.10 Å². The number of hydrogen-bond donors (Lipinski definition) is 6. The molecule has 0 aliphatic carbocycles. The van der Waals surface area contributed by atoms with E-state index in [0.717, 1.165) is 16.7 Å². The minimum Gasteiger partial charge on any atom is -0.479 e. The molecule has 0 saturated carbocycles. The van der Waals surface area contributed by atoms with Crippen molar-refractivity contribution in [2.45, 2.75) is 56.0 Å². The molecule has 2 fully saturated rings. The van der Waals surface area contributed by atoms with Crippen molar-refractivity contribution in [1.82, 2.24) is 21.1 Å². The van der Waals surface area contributed by atoms with Crippen molar-refractivity contribution in [2.75, 3.05) is 13.1 Å². The number of nitrogens with one attached hydrogen (secondary N) is 3. The number of amides is 2. The van der Waals surface area contributed by atoms with Gasteiger partial charge in [-0.05, 0) is 36.0 Å². The van der Waals surface area contributed by atoms with Crippen LogP contribution in [0.5, 0.6) is 0 Å². The van der Waals surface area contributed by atoms with Gasteiger partial charge in [-0.1, -0.05) is 54.6 Å². The first-order valence-electron chi connectivity index (χ1n) is 12.1. The molecule has 0 radical (unpaired) electrons. The Bertz CT molecular complexity index is 1060. The van der Waals surface area contributed by atoms with Gasteiger partial charge < -0.3 is 25.5 Å². The number of rotatable bonds is 9. The zero-order valence-electron chi connectivity index (χ0n) is 19.8. The van der Waals surface area contributed by atoms with Gasteiger partial charge >= 0.3 is 5.97 Å². The molecule has 0 aromatic heterocycles. The van der Waals surface area contributed by atoms with Gasteiger partial charge in [0, 0.05) is 25.6 Å². The van der Waals surface area contributed by atoms with Crippen LogP contribution in [0.2, 0.25) is 0 Å². The molecule has 2 aromatic rings. The summed E-state index contributed by atoms with van der Waals surface area (Å²) in [6.07, 6.45) is -1.21. The second-order valence-electron chi connectivity index (χ2n) is 9.42. The molecule has 2 aromatic carbocycles. The molecular weight excluding hydrogens is 464 g/mol. The van der Waals surface area contributed by atoms with Crippen molar-refractivity contribution >= 4 is 17.8 Å². The van der Waals surface area contributed by atoms with Crippen LogP contribution in [0.15, 0.2) is 54.6 Å². The highest BCUT2D eigenvalue weighted by Gasteiger charge is 2.38. The summed E-state index contributed by atoms with van der Waals surface area (Å²) in [5.41, 5.74) is 8.69. The summed E-state index contributed by atoms with van der Waals surface area (Å²) in [5, 5.41) is 31.7. The Morgan fingerprint density at radius 1 is 1.00 bits per heavy atom. The number of benzene rings is 2. The monoisotopic (exact) mass is 496 g/mol. The number of carbonyl (C=O) groups excluding carboxylic acids is 2. The number of carbonyl (C=O) groups is 3. The Labute approximate surface area is 209 Å². The van der Waals surface area contributed by atoms with Crippen LogP contribution in [-0.2, 0) is 20.8 Å². The third-order valence-electron chi connectivity index (χ3n) is 6.68. The number of hydrazine groups is 1. The largest absolute Gasteiger partial charge is 0.479 e. The van der Waals surface area contributed by atoms with E-state index in [2.05, 4.69) is 16.2 Å². The number of hydrogen-bond acceptors (Lipinski definition) is 7. The molecule has 4 rings (SSSR count). The van der Waals surface area contributed by atoms with Gasteiger partial charge in [-0.3, -0.25) is 9.59 Å². The summed E-state index contributed by atoms with van der Waals surface area (Å²) in [5.74, 6) is -1.92. The summed E-state index contributed by atoms with van der Waals surface area (Å²) in [6.45, 7) is 0.763. The van der Waals surface area contributed by atoms with E-state index in [1.807, 2.05) is 54.6 Å². The number of nitrogens with zero attached hydrogens (tertiary/aromatic N) is 1. The van der Waals surface area contributed by atoms with Gasteiger partial charge in [0.05, 0.1) is 6.10 Å². The number of β-amino-alcohol motifs (C(OH)–C–C–N with tert-alkyl or cyclic N) is 1. The summed E-state index contributed by atoms with van der Waals surface area (Å²) in [6, 6.07) is 15.7. The molecule has 0 spiro atoms. The Morgan fingerprint density at radius 2 is 1.67 bits per heavy atom.